The second-order valence-corrected chi connectivity index (χ2v) is 7.89. The van der Waals surface area contributed by atoms with Gasteiger partial charge in [0.15, 0.2) is 11.3 Å². The third-order valence-corrected chi connectivity index (χ3v) is 5.32. The number of piperidine rings is 1. The second kappa shape index (κ2) is 7.83. The lowest BCUT2D eigenvalue weighted by atomic mass is 9.94. The number of hydrogen-bond donors (Lipinski definition) is 0. The molecule has 1 unspecified atom stereocenters. The lowest BCUT2D eigenvalue weighted by Gasteiger charge is -2.32. The maximum atomic E-state index is 12.6. The number of fused-ring (bicyclic) bond motifs is 1. The van der Waals surface area contributed by atoms with Crippen LogP contribution in [0.1, 0.15) is 30.7 Å². The van der Waals surface area contributed by atoms with E-state index in [1.165, 1.54) is 0 Å². The van der Waals surface area contributed by atoms with Crippen molar-refractivity contribution in [2.45, 2.75) is 32.7 Å². The lowest BCUT2D eigenvalue weighted by Crippen LogP contribution is -2.38. The predicted octanol–water partition coefficient (Wildman–Crippen LogP) is 4.04. The molecule has 1 aliphatic heterocycles. The highest BCUT2D eigenvalue weighted by Crippen LogP contribution is 2.29. The van der Waals surface area contributed by atoms with Crippen LogP contribution in [0.25, 0.3) is 11.1 Å². The van der Waals surface area contributed by atoms with Crippen LogP contribution in [0.3, 0.4) is 0 Å². The highest BCUT2D eigenvalue weighted by atomic mass is 35.5. The fourth-order valence-corrected chi connectivity index (χ4v) is 3.80. The number of amides is 1. The molecule has 1 saturated heterocycles. The average Bonchev–Trinajstić information content (AvgIpc) is 3.27. The molecule has 28 heavy (non-hydrogen) atoms. The molecule has 8 heteroatoms. The van der Waals surface area contributed by atoms with Gasteiger partial charge in [-0.2, -0.15) is 4.98 Å². The van der Waals surface area contributed by atoms with Gasteiger partial charge in [-0.15, -0.1) is 0 Å². The van der Waals surface area contributed by atoms with E-state index in [-0.39, 0.29) is 11.8 Å². The Bertz CT molecular complexity index is 983. The predicted molar refractivity (Wildman–Crippen MR) is 106 cm³/mol. The van der Waals surface area contributed by atoms with Crippen molar-refractivity contribution in [3.63, 3.8) is 0 Å². The van der Waals surface area contributed by atoms with Crippen molar-refractivity contribution in [2.75, 3.05) is 25.0 Å². The molecular formula is C20H23ClN4O3. The molecule has 0 radical (unpaired) electrons. The molecule has 1 aliphatic rings. The summed E-state index contributed by atoms with van der Waals surface area (Å²) in [5.74, 6) is 1.06. The summed E-state index contributed by atoms with van der Waals surface area (Å²) < 4.78 is 11.1. The van der Waals surface area contributed by atoms with Crippen LogP contribution in [0, 0.1) is 12.8 Å². The summed E-state index contributed by atoms with van der Waals surface area (Å²) in [7, 11) is 1.80. The minimum Gasteiger partial charge on any atom is -0.423 e. The van der Waals surface area contributed by atoms with E-state index in [0.717, 1.165) is 37.1 Å². The molecule has 2 aromatic heterocycles. The number of oxazole rings is 1. The minimum atomic E-state index is 0.102. The summed E-state index contributed by atoms with van der Waals surface area (Å²) in [6.07, 6.45) is 2.51. The second-order valence-electron chi connectivity index (χ2n) is 7.45. The first-order valence-corrected chi connectivity index (χ1v) is 9.83. The van der Waals surface area contributed by atoms with Gasteiger partial charge in [0, 0.05) is 43.7 Å². The number of benzene rings is 1. The Morgan fingerprint density at radius 3 is 3.04 bits per heavy atom. The van der Waals surface area contributed by atoms with Gasteiger partial charge < -0.3 is 18.7 Å². The molecule has 1 aromatic carbocycles. The van der Waals surface area contributed by atoms with Crippen molar-refractivity contribution in [1.29, 1.82) is 0 Å². The van der Waals surface area contributed by atoms with E-state index in [4.69, 9.17) is 20.5 Å². The van der Waals surface area contributed by atoms with Crippen molar-refractivity contribution in [2.24, 2.45) is 5.92 Å². The lowest BCUT2D eigenvalue weighted by molar-refractivity contribution is -0.131. The maximum absolute atomic E-state index is 12.6. The fourth-order valence-electron chi connectivity index (χ4n) is 3.64. The molecule has 1 fully saturated rings. The Hall–Kier alpha value is -2.54. The normalized spacial score (nSPS) is 17.2. The Kier molecular flexibility index (Phi) is 5.26. The number of aromatic nitrogens is 2. The molecule has 0 aliphatic carbocycles. The van der Waals surface area contributed by atoms with Crippen molar-refractivity contribution in [3.8, 4) is 0 Å². The van der Waals surface area contributed by atoms with Crippen molar-refractivity contribution >= 4 is 34.6 Å². The molecule has 0 spiro atoms. The van der Waals surface area contributed by atoms with Crippen LogP contribution in [0.5, 0.6) is 0 Å². The topological polar surface area (TPSA) is 75.6 Å². The van der Waals surface area contributed by atoms with Gasteiger partial charge >= 0.3 is 0 Å². The summed E-state index contributed by atoms with van der Waals surface area (Å²) in [6.45, 7) is 3.92. The van der Waals surface area contributed by atoms with E-state index in [1.807, 2.05) is 19.1 Å². The molecule has 0 N–H and O–H groups in total. The van der Waals surface area contributed by atoms with Gasteiger partial charge in [0.1, 0.15) is 5.52 Å². The van der Waals surface area contributed by atoms with Crippen molar-refractivity contribution in [3.05, 3.63) is 40.7 Å². The zero-order chi connectivity index (χ0) is 19.7. The molecule has 1 atom stereocenters. The molecule has 0 saturated carbocycles. The standard InChI is InChI=1S/C20H23ClN4O3/c1-13-8-16(28-23-13)12-24(2)19(26)9-14-4-3-7-25(11-14)20-22-17-6-5-15(21)10-18(17)27-20/h5-6,8,10,14H,3-4,7,9,11-12H2,1-2H3. The van der Waals surface area contributed by atoms with Crippen molar-refractivity contribution in [1.82, 2.24) is 15.0 Å². The van der Waals surface area contributed by atoms with Gasteiger partial charge in [-0.25, -0.2) is 0 Å². The number of rotatable bonds is 5. The number of halogens is 1. The fraction of sp³-hybridized carbons (Fsp3) is 0.450. The molecule has 3 heterocycles. The molecule has 148 valence electrons. The zero-order valence-corrected chi connectivity index (χ0v) is 16.8. The first kappa shape index (κ1) is 18.8. The van der Waals surface area contributed by atoms with Crippen LogP contribution < -0.4 is 4.90 Å². The average molecular weight is 403 g/mol. The highest BCUT2D eigenvalue weighted by Gasteiger charge is 2.26. The van der Waals surface area contributed by atoms with E-state index in [2.05, 4.69) is 15.0 Å². The van der Waals surface area contributed by atoms with Crippen LogP contribution in [-0.4, -0.2) is 41.1 Å². The number of anilines is 1. The van der Waals surface area contributed by atoms with E-state index in [1.54, 1.807) is 24.1 Å². The SMILES string of the molecule is Cc1cc(CN(C)C(=O)CC2CCCN(c3nc4ccc(Cl)cc4o3)C2)on1. The highest BCUT2D eigenvalue weighted by molar-refractivity contribution is 6.31. The van der Waals surface area contributed by atoms with E-state index >= 15 is 0 Å². The summed E-state index contributed by atoms with van der Waals surface area (Å²) in [6, 6.07) is 7.89. The molecular weight excluding hydrogens is 380 g/mol. The first-order chi connectivity index (χ1) is 13.5. The molecule has 4 rings (SSSR count). The summed E-state index contributed by atoms with van der Waals surface area (Å²) in [4.78, 5) is 21.0. The summed E-state index contributed by atoms with van der Waals surface area (Å²) in [5, 5.41) is 4.49. The van der Waals surface area contributed by atoms with Gasteiger partial charge in [0.25, 0.3) is 6.01 Å². The van der Waals surface area contributed by atoms with Crippen LogP contribution in [-0.2, 0) is 11.3 Å². The monoisotopic (exact) mass is 402 g/mol. The van der Waals surface area contributed by atoms with E-state index < -0.39 is 0 Å². The number of carbonyl (C=O) groups is 1. The quantitative estimate of drug-likeness (QED) is 0.641. The largest absolute Gasteiger partial charge is 0.423 e. The Morgan fingerprint density at radius 2 is 2.25 bits per heavy atom. The number of nitrogens with zero attached hydrogens (tertiary/aromatic N) is 4. The van der Waals surface area contributed by atoms with Crippen LogP contribution >= 0.6 is 11.6 Å². The van der Waals surface area contributed by atoms with Gasteiger partial charge in [-0.1, -0.05) is 16.8 Å². The van der Waals surface area contributed by atoms with Gasteiger partial charge in [0.2, 0.25) is 5.91 Å². The Balaban J connectivity index is 1.38. The summed E-state index contributed by atoms with van der Waals surface area (Å²) >= 11 is 6.03. The first-order valence-electron chi connectivity index (χ1n) is 9.45. The zero-order valence-electron chi connectivity index (χ0n) is 16.0. The molecule has 7 nitrogen and oxygen atoms in total. The third kappa shape index (κ3) is 4.14. The van der Waals surface area contributed by atoms with Crippen LogP contribution in [0.2, 0.25) is 5.02 Å². The third-order valence-electron chi connectivity index (χ3n) is 5.09. The van der Waals surface area contributed by atoms with Gasteiger partial charge in [-0.3, -0.25) is 4.79 Å². The molecule has 0 bridgehead atoms. The number of hydrogen-bond acceptors (Lipinski definition) is 6. The van der Waals surface area contributed by atoms with Crippen LogP contribution in [0.15, 0.2) is 33.2 Å². The van der Waals surface area contributed by atoms with E-state index in [9.17, 15) is 4.79 Å². The maximum Gasteiger partial charge on any atom is 0.298 e. The molecule has 1 amide bonds. The Morgan fingerprint density at radius 1 is 1.39 bits per heavy atom. The van der Waals surface area contributed by atoms with Gasteiger partial charge in [0.05, 0.1) is 12.2 Å². The van der Waals surface area contributed by atoms with Crippen molar-refractivity contribution < 1.29 is 13.7 Å². The van der Waals surface area contributed by atoms with E-state index in [0.29, 0.717) is 35.3 Å². The minimum absolute atomic E-state index is 0.102. The number of aryl methyl sites for hydroxylation is 1. The smallest absolute Gasteiger partial charge is 0.298 e. The van der Waals surface area contributed by atoms with Gasteiger partial charge in [-0.05, 0) is 37.8 Å². The van der Waals surface area contributed by atoms with Crippen LogP contribution in [0.4, 0.5) is 6.01 Å². The summed E-state index contributed by atoms with van der Waals surface area (Å²) in [5.41, 5.74) is 2.29. The Labute approximate surface area is 168 Å². The molecule has 3 aromatic rings. The number of carbonyl (C=O) groups excluding carboxylic acids is 1.